The zero-order valence-corrected chi connectivity index (χ0v) is 16.0. The molecule has 0 aromatic heterocycles. The molecule has 1 N–H and O–H groups in total. The lowest BCUT2D eigenvalue weighted by molar-refractivity contribution is -0.123. The van der Waals surface area contributed by atoms with Crippen LogP contribution in [0, 0.1) is 0 Å². The van der Waals surface area contributed by atoms with E-state index < -0.39 is 6.03 Å². The first kappa shape index (κ1) is 19.0. The minimum Gasteiger partial charge on any atom is -0.491 e. The Labute approximate surface area is 163 Å². The fourth-order valence-corrected chi connectivity index (χ4v) is 2.74. The minimum atomic E-state index is -0.432. The monoisotopic (exact) mass is 384 g/mol. The Balaban J connectivity index is 1.71. The molecule has 0 spiro atoms. The van der Waals surface area contributed by atoms with Gasteiger partial charge in [-0.3, -0.25) is 9.69 Å². The summed E-state index contributed by atoms with van der Waals surface area (Å²) in [6.45, 7) is 4.27. The number of hydrogen-bond acceptors (Lipinski definition) is 3. The van der Waals surface area contributed by atoms with Crippen molar-refractivity contribution in [2.75, 3.05) is 0 Å². The normalized spacial score (nSPS) is 16.6. The van der Waals surface area contributed by atoms with Crippen molar-refractivity contribution in [3.63, 3.8) is 0 Å². The third-order valence-corrected chi connectivity index (χ3v) is 4.57. The van der Waals surface area contributed by atoms with Crippen LogP contribution < -0.4 is 10.1 Å². The highest BCUT2D eigenvalue weighted by Crippen LogP contribution is 2.20. The zero-order chi connectivity index (χ0) is 19.4. The van der Waals surface area contributed by atoms with Crippen molar-refractivity contribution in [3.8, 4) is 5.75 Å². The van der Waals surface area contributed by atoms with Gasteiger partial charge in [-0.1, -0.05) is 42.8 Å². The summed E-state index contributed by atoms with van der Waals surface area (Å²) in [5.74, 6) is 0.424. The molecule has 0 radical (unpaired) electrons. The lowest BCUT2D eigenvalue weighted by Crippen LogP contribution is -2.30. The van der Waals surface area contributed by atoms with E-state index in [9.17, 15) is 9.59 Å². The molecular weight excluding hydrogens is 364 g/mol. The van der Waals surface area contributed by atoms with Gasteiger partial charge < -0.3 is 10.1 Å². The first-order valence-electron chi connectivity index (χ1n) is 8.82. The standard InChI is InChI=1S/C21H21ClN2O3/c1-3-14(2)27-18-10-6-15(7-11-18)12-19-20(25)24(21(26)23-19)13-16-4-8-17(22)9-5-16/h4-12,14H,3,13H2,1-2H3,(H,23,26). The summed E-state index contributed by atoms with van der Waals surface area (Å²) in [6, 6.07) is 14.0. The predicted molar refractivity (Wildman–Crippen MR) is 105 cm³/mol. The Bertz CT molecular complexity index is 860. The summed E-state index contributed by atoms with van der Waals surface area (Å²) in [4.78, 5) is 25.9. The van der Waals surface area contributed by atoms with Gasteiger partial charge in [0.25, 0.3) is 5.91 Å². The number of halogens is 1. The maximum absolute atomic E-state index is 12.6. The van der Waals surface area contributed by atoms with Gasteiger partial charge in [-0.15, -0.1) is 0 Å². The van der Waals surface area contributed by atoms with E-state index in [1.54, 1.807) is 30.3 Å². The first-order chi connectivity index (χ1) is 13.0. The van der Waals surface area contributed by atoms with Gasteiger partial charge in [-0.05, 0) is 54.8 Å². The van der Waals surface area contributed by atoms with Gasteiger partial charge in [0, 0.05) is 5.02 Å². The molecule has 1 unspecified atom stereocenters. The van der Waals surface area contributed by atoms with Crippen molar-refractivity contribution < 1.29 is 14.3 Å². The smallest absolute Gasteiger partial charge is 0.329 e. The van der Waals surface area contributed by atoms with Gasteiger partial charge in [0.2, 0.25) is 0 Å². The summed E-state index contributed by atoms with van der Waals surface area (Å²) in [5, 5.41) is 3.24. The van der Waals surface area contributed by atoms with E-state index in [-0.39, 0.29) is 24.3 Å². The second kappa shape index (κ2) is 8.27. The fourth-order valence-electron chi connectivity index (χ4n) is 2.61. The number of carbonyl (C=O) groups excluding carboxylic acids is 2. The molecule has 1 saturated heterocycles. The molecule has 3 amide bonds. The molecule has 27 heavy (non-hydrogen) atoms. The van der Waals surface area contributed by atoms with E-state index in [1.165, 1.54) is 4.90 Å². The number of amides is 3. The molecule has 3 rings (SSSR count). The first-order valence-corrected chi connectivity index (χ1v) is 9.19. The van der Waals surface area contributed by atoms with E-state index >= 15 is 0 Å². The molecule has 2 aromatic rings. The lowest BCUT2D eigenvalue weighted by atomic mass is 10.1. The van der Waals surface area contributed by atoms with Crippen molar-refractivity contribution in [1.29, 1.82) is 0 Å². The van der Waals surface area contributed by atoms with Crippen LogP contribution in [-0.2, 0) is 11.3 Å². The van der Waals surface area contributed by atoms with E-state index in [4.69, 9.17) is 16.3 Å². The summed E-state index contributed by atoms with van der Waals surface area (Å²) in [7, 11) is 0. The molecule has 0 aliphatic carbocycles. The second-order valence-corrected chi connectivity index (χ2v) is 6.85. The molecule has 1 heterocycles. The molecule has 1 aliphatic rings. The van der Waals surface area contributed by atoms with Crippen LogP contribution in [0.4, 0.5) is 4.79 Å². The number of nitrogens with one attached hydrogen (secondary N) is 1. The third-order valence-electron chi connectivity index (χ3n) is 4.32. The maximum atomic E-state index is 12.6. The van der Waals surface area contributed by atoms with Gasteiger partial charge in [0.05, 0.1) is 12.6 Å². The number of hydrogen-bond donors (Lipinski definition) is 1. The Hall–Kier alpha value is -2.79. The fraction of sp³-hybridized carbons (Fsp3) is 0.238. The quantitative estimate of drug-likeness (QED) is 0.584. The highest BCUT2D eigenvalue weighted by atomic mass is 35.5. The van der Waals surface area contributed by atoms with Crippen LogP contribution in [0.1, 0.15) is 31.4 Å². The molecule has 2 aromatic carbocycles. The maximum Gasteiger partial charge on any atom is 0.329 e. The molecule has 6 heteroatoms. The highest BCUT2D eigenvalue weighted by molar-refractivity contribution is 6.30. The van der Waals surface area contributed by atoms with Crippen LogP contribution in [0.2, 0.25) is 5.02 Å². The Kier molecular flexibility index (Phi) is 5.81. The number of ether oxygens (including phenoxy) is 1. The van der Waals surface area contributed by atoms with Gasteiger partial charge in [-0.2, -0.15) is 0 Å². The molecule has 1 fully saturated rings. The summed E-state index contributed by atoms with van der Waals surface area (Å²) in [5.41, 5.74) is 1.89. The average molecular weight is 385 g/mol. The Morgan fingerprint density at radius 1 is 1.11 bits per heavy atom. The van der Waals surface area contributed by atoms with Crippen molar-refractivity contribution in [2.45, 2.75) is 32.9 Å². The minimum absolute atomic E-state index is 0.145. The van der Waals surface area contributed by atoms with Crippen LogP contribution in [0.5, 0.6) is 5.75 Å². The summed E-state index contributed by atoms with van der Waals surface area (Å²) >= 11 is 5.87. The van der Waals surface area contributed by atoms with Crippen LogP contribution >= 0.6 is 11.6 Å². The van der Waals surface area contributed by atoms with E-state index in [2.05, 4.69) is 12.2 Å². The van der Waals surface area contributed by atoms with Gasteiger partial charge >= 0.3 is 6.03 Å². The van der Waals surface area contributed by atoms with Crippen molar-refractivity contribution in [2.24, 2.45) is 0 Å². The van der Waals surface area contributed by atoms with Gasteiger partial charge in [0.15, 0.2) is 0 Å². The van der Waals surface area contributed by atoms with Crippen molar-refractivity contribution in [3.05, 3.63) is 70.4 Å². The van der Waals surface area contributed by atoms with Crippen molar-refractivity contribution >= 4 is 29.6 Å². The van der Waals surface area contributed by atoms with Crippen LogP contribution in [0.25, 0.3) is 6.08 Å². The topological polar surface area (TPSA) is 58.6 Å². The van der Waals surface area contributed by atoms with E-state index in [0.29, 0.717) is 5.02 Å². The molecular formula is C21H21ClN2O3. The molecule has 0 bridgehead atoms. The Morgan fingerprint density at radius 3 is 2.41 bits per heavy atom. The number of nitrogens with zero attached hydrogens (tertiary/aromatic N) is 1. The highest BCUT2D eigenvalue weighted by Gasteiger charge is 2.33. The Morgan fingerprint density at radius 2 is 1.78 bits per heavy atom. The van der Waals surface area contributed by atoms with E-state index in [1.807, 2.05) is 31.2 Å². The second-order valence-electron chi connectivity index (χ2n) is 6.41. The molecule has 0 saturated carbocycles. The number of rotatable bonds is 6. The zero-order valence-electron chi connectivity index (χ0n) is 15.2. The number of benzene rings is 2. The van der Waals surface area contributed by atoms with Gasteiger partial charge in [0.1, 0.15) is 11.4 Å². The molecule has 1 atom stereocenters. The molecule has 1 aliphatic heterocycles. The van der Waals surface area contributed by atoms with Crippen LogP contribution in [-0.4, -0.2) is 22.9 Å². The summed E-state index contributed by atoms with van der Waals surface area (Å²) < 4.78 is 5.74. The lowest BCUT2D eigenvalue weighted by Gasteiger charge is -2.12. The predicted octanol–water partition coefficient (Wildman–Crippen LogP) is 4.61. The number of urea groups is 1. The SMILES string of the molecule is CCC(C)Oc1ccc(C=C2NC(=O)N(Cc3ccc(Cl)cc3)C2=O)cc1. The van der Waals surface area contributed by atoms with Crippen LogP contribution in [0.3, 0.4) is 0 Å². The third kappa shape index (κ3) is 4.68. The van der Waals surface area contributed by atoms with Crippen molar-refractivity contribution in [1.82, 2.24) is 10.2 Å². The molecule has 5 nitrogen and oxygen atoms in total. The average Bonchev–Trinajstić information content (AvgIpc) is 2.92. The number of imide groups is 1. The number of carbonyl (C=O) groups is 2. The van der Waals surface area contributed by atoms with E-state index in [0.717, 1.165) is 23.3 Å². The summed E-state index contributed by atoms with van der Waals surface area (Å²) in [6.07, 6.45) is 2.73. The largest absolute Gasteiger partial charge is 0.491 e. The van der Waals surface area contributed by atoms with Gasteiger partial charge in [-0.25, -0.2) is 4.79 Å². The van der Waals surface area contributed by atoms with Crippen LogP contribution in [0.15, 0.2) is 54.2 Å². The molecule has 140 valence electrons.